The van der Waals surface area contributed by atoms with Crippen LogP contribution in [-0.2, 0) is 4.79 Å². The first-order valence-electron chi connectivity index (χ1n) is 10.1. The van der Waals surface area contributed by atoms with E-state index in [-0.39, 0.29) is 23.8 Å². The van der Waals surface area contributed by atoms with Gasteiger partial charge in [0.1, 0.15) is 5.75 Å². The van der Waals surface area contributed by atoms with E-state index in [4.69, 9.17) is 9.26 Å². The minimum Gasteiger partial charge on any atom is -0.497 e. The summed E-state index contributed by atoms with van der Waals surface area (Å²) in [4.78, 5) is 31.1. The molecule has 8 heteroatoms. The van der Waals surface area contributed by atoms with Crippen LogP contribution in [0, 0.1) is 0 Å². The molecule has 1 atom stereocenters. The van der Waals surface area contributed by atoms with E-state index in [2.05, 4.69) is 15.5 Å². The highest BCUT2D eigenvalue weighted by Crippen LogP contribution is 2.32. The number of carbonyl (C=O) groups excluding carboxylic acids is 2. The first kappa shape index (κ1) is 20.6. The molecule has 1 fully saturated rings. The fraction of sp³-hybridized carbons (Fsp3) is 0.304. The van der Waals surface area contributed by atoms with E-state index in [0.717, 1.165) is 11.4 Å². The number of methoxy groups -OCH3 is 1. The van der Waals surface area contributed by atoms with Crippen molar-refractivity contribution in [2.24, 2.45) is 0 Å². The molecule has 0 spiro atoms. The number of hydrogen-bond acceptors (Lipinski definition) is 6. The molecular formula is C23H24N4O4. The van der Waals surface area contributed by atoms with Gasteiger partial charge in [0.25, 0.3) is 5.91 Å². The van der Waals surface area contributed by atoms with Crippen LogP contribution in [0.15, 0.2) is 53.1 Å². The molecule has 1 aliphatic rings. The number of carbonyl (C=O) groups is 2. The minimum absolute atomic E-state index is 0.00210. The summed E-state index contributed by atoms with van der Waals surface area (Å²) in [5, 5.41) is 6.94. The molecule has 2 heterocycles. The van der Waals surface area contributed by atoms with Crippen LogP contribution < -0.4 is 15.0 Å². The van der Waals surface area contributed by atoms with Crippen molar-refractivity contribution in [2.75, 3.05) is 18.6 Å². The summed E-state index contributed by atoms with van der Waals surface area (Å²) in [5.74, 6) is 1.20. The number of nitrogens with zero attached hydrogens (tertiary/aromatic N) is 3. The molecule has 4 rings (SSSR count). The molecule has 0 bridgehead atoms. The molecule has 160 valence electrons. The van der Waals surface area contributed by atoms with Crippen LogP contribution in [0.25, 0.3) is 11.4 Å². The van der Waals surface area contributed by atoms with E-state index in [0.29, 0.717) is 35.8 Å². The highest BCUT2D eigenvalue weighted by Gasteiger charge is 2.35. The van der Waals surface area contributed by atoms with Gasteiger partial charge >= 0.3 is 0 Å². The Hall–Kier alpha value is -3.68. The second-order valence-corrected chi connectivity index (χ2v) is 7.77. The molecule has 1 N–H and O–H groups in total. The van der Waals surface area contributed by atoms with Crippen molar-refractivity contribution in [1.29, 1.82) is 0 Å². The first-order chi connectivity index (χ1) is 14.9. The molecule has 0 aliphatic carbocycles. The smallest absolute Gasteiger partial charge is 0.251 e. The number of ether oxygens (including phenoxy) is 1. The van der Waals surface area contributed by atoms with Crippen LogP contribution in [0.1, 0.15) is 42.4 Å². The summed E-state index contributed by atoms with van der Waals surface area (Å²) in [6.45, 7) is 4.28. The molecule has 8 nitrogen and oxygen atoms in total. The Morgan fingerprint density at radius 2 is 2.00 bits per heavy atom. The van der Waals surface area contributed by atoms with Gasteiger partial charge in [0.15, 0.2) is 0 Å². The Morgan fingerprint density at radius 3 is 2.71 bits per heavy atom. The maximum Gasteiger partial charge on any atom is 0.251 e. The minimum atomic E-state index is -0.191. The zero-order chi connectivity index (χ0) is 22.0. The van der Waals surface area contributed by atoms with E-state index in [9.17, 15) is 9.59 Å². The van der Waals surface area contributed by atoms with Crippen LogP contribution in [0.5, 0.6) is 5.75 Å². The van der Waals surface area contributed by atoms with Gasteiger partial charge in [-0.2, -0.15) is 4.98 Å². The van der Waals surface area contributed by atoms with Gasteiger partial charge in [-0.15, -0.1) is 0 Å². The van der Waals surface area contributed by atoms with Gasteiger partial charge in [-0.3, -0.25) is 9.59 Å². The summed E-state index contributed by atoms with van der Waals surface area (Å²) in [6.07, 6.45) is 0.296. The highest BCUT2D eigenvalue weighted by molar-refractivity contribution is 5.96. The number of amides is 2. The van der Waals surface area contributed by atoms with Gasteiger partial charge in [0, 0.05) is 35.8 Å². The third kappa shape index (κ3) is 4.42. The Balaban J connectivity index is 1.50. The highest BCUT2D eigenvalue weighted by atomic mass is 16.5. The van der Waals surface area contributed by atoms with Gasteiger partial charge in [0.05, 0.1) is 13.0 Å². The summed E-state index contributed by atoms with van der Waals surface area (Å²) in [6, 6.07) is 14.5. The van der Waals surface area contributed by atoms with Crippen LogP contribution in [-0.4, -0.2) is 41.7 Å². The van der Waals surface area contributed by atoms with Crippen LogP contribution in [0.3, 0.4) is 0 Å². The van der Waals surface area contributed by atoms with E-state index in [1.807, 2.05) is 44.2 Å². The predicted molar refractivity (Wildman–Crippen MR) is 115 cm³/mol. The average Bonchev–Trinajstić information content (AvgIpc) is 3.40. The lowest BCUT2D eigenvalue weighted by atomic mass is 10.1. The van der Waals surface area contributed by atoms with E-state index < -0.39 is 0 Å². The molecule has 3 aromatic rings. The van der Waals surface area contributed by atoms with Gasteiger partial charge in [-0.05, 0) is 50.2 Å². The molecule has 1 unspecified atom stereocenters. The number of anilines is 1. The topological polar surface area (TPSA) is 97.6 Å². The lowest BCUT2D eigenvalue weighted by Crippen LogP contribution is -2.30. The zero-order valence-electron chi connectivity index (χ0n) is 17.7. The maximum atomic E-state index is 12.6. The molecular weight excluding hydrogens is 396 g/mol. The lowest BCUT2D eigenvalue weighted by Gasteiger charge is -2.16. The van der Waals surface area contributed by atoms with Crippen molar-refractivity contribution in [3.63, 3.8) is 0 Å². The molecule has 31 heavy (non-hydrogen) atoms. The molecule has 2 amide bonds. The number of benzene rings is 2. The Bertz CT molecular complexity index is 1090. The van der Waals surface area contributed by atoms with Crippen molar-refractivity contribution in [3.05, 3.63) is 60.0 Å². The maximum absolute atomic E-state index is 12.6. The van der Waals surface area contributed by atoms with Gasteiger partial charge in [-0.1, -0.05) is 17.3 Å². The monoisotopic (exact) mass is 420 g/mol. The number of nitrogens with one attached hydrogen (secondary N) is 1. The Morgan fingerprint density at radius 1 is 1.23 bits per heavy atom. The van der Waals surface area contributed by atoms with Crippen molar-refractivity contribution in [2.45, 2.75) is 32.2 Å². The number of hydrogen-bond donors (Lipinski definition) is 1. The quantitative estimate of drug-likeness (QED) is 0.656. The molecule has 0 radical (unpaired) electrons. The van der Waals surface area contributed by atoms with Crippen molar-refractivity contribution < 1.29 is 18.8 Å². The summed E-state index contributed by atoms with van der Waals surface area (Å²) < 4.78 is 10.7. The number of aromatic nitrogens is 2. The Kier molecular flexibility index (Phi) is 5.70. The first-order valence-corrected chi connectivity index (χ1v) is 10.1. The Labute approximate surface area is 180 Å². The molecule has 1 aromatic heterocycles. The van der Waals surface area contributed by atoms with E-state index in [1.165, 1.54) is 0 Å². The molecule has 1 aliphatic heterocycles. The third-order valence-corrected chi connectivity index (χ3v) is 5.10. The predicted octanol–water partition coefficient (Wildman–Crippen LogP) is 3.40. The summed E-state index contributed by atoms with van der Waals surface area (Å²) >= 11 is 0. The lowest BCUT2D eigenvalue weighted by molar-refractivity contribution is -0.117. The van der Waals surface area contributed by atoms with Gasteiger partial charge < -0.3 is 19.5 Å². The molecule has 0 saturated carbocycles. The summed E-state index contributed by atoms with van der Waals surface area (Å²) in [5.41, 5.74) is 2.01. The van der Waals surface area contributed by atoms with Crippen LogP contribution in [0.4, 0.5) is 5.69 Å². The second-order valence-electron chi connectivity index (χ2n) is 7.77. The second kappa shape index (κ2) is 8.59. The zero-order valence-corrected chi connectivity index (χ0v) is 17.7. The van der Waals surface area contributed by atoms with Gasteiger partial charge in [0.2, 0.25) is 17.6 Å². The van der Waals surface area contributed by atoms with Crippen LogP contribution >= 0.6 is 0 Å². The molecule has 1 saturated heterocycles. The normalized spacial score (nSPS) is 16.1. The fourth-order valence-corrected chi connectivity index (χ4v) is 3.55. The van der Waals surface area contributed by atoms with Gasteiger partial charge in [-0.25, -0.2) is 0 Å². The van der Waals surface area contributed by atoms with E-state index in [1.54, 1.807) is 30.2 Å². The fourth-order valence-electron chi connectivity index (χ4n) is 3.55. The van der Waals surface area contributed by atoms with Crippen LogP contribution in [0.2, 0.25) is 0 Å². The SMILES string of the molecule is COc1ccc(N2CC(c3nc(-c4cccc(C(=O)NC(C)C)c4)no3)CC2=O)cc1. The molecule has 2 aromatic carbocycles. The largest absolute Gasteiger partial charge is 0.497 e. The van der Waals surface area contributed by atoms with E-state index >= 15 is 0 Å². The summed E-state index contributed by atoms with van der Waals surface area (Å²) in [7, 11) is 1.60. The van der Waals surface area contributed by atoms with Crippen molar-refractivity contribution in [3.8, 4) is 17.1 Å². The average molecular weight is 420 g/mol. The van der Waals surface area contributed by atoms with Crippen molar-refractivity contribution >= 4 is 17.5 Å². The number of rotatable bonds is 6. The third-order valence-electron chi connectivity index (χ3n) is 5.10. The standard InChI is InChI=1S/C23H24N4O4/c1-14(2)24-22(29)16-6-4-5-15(11-16)21-25-23(31-26-21)17-12-20(28)27(13-17)18-7-9-19(30-3)10-8-18/h4-11,14,17H,12-13H2,1-3H3,(H,24,29). The van der Waals surface area contributed by atoms with Crippen molar-refractivity contribution in [1.82, 2.24) is 15.5 Å².